The molecule has 2 aromatic carbocycles. The number of hydrogen-bond acceptors (Lipinski definition) is 4. The molecule has 0 aliphatic heterocycles. The molecule has 0 spiro atoms. The zero-order chi connectivity index (χ0) is 17.6. The highest BCUT2D eigenvalue weighted by Crippen LogP contribution is 2.17. The lowest BCUT2D eigenvalue weighted by molar-refractivity contribution is -0.115. The molecule has 0 radical (unpaired) electrons. The van der Waals surface area contributed by atoms with Crippen molar-refractivity contribution in [2.45, 2.75) is 26.9 Å². The van der Waals surface area contributed by atoms with Crippen LogP contribution in [-0.4, -0.2) is 10.9 Å². The van der Waals surface area contributed by atoms with Crippen LogP contribution in [-0.2, 0) is 17.8 Å². The second-order valence-electron chi connectivity index (χ2n) is 5.87. The maximum absolute atomic E-state index is 12.2. The smallest absolute Gasteiger partial charge is 0.230 e. The molecule has 128 valence electrons. The van der Waals surface area contributed by atoms with E-state index in [0.29, 0.717) is 6.61 Å². The van der Waals surface area contributed by atoms with E-state index in [1.54, 1.807) is 0 Å². The van der Waals surface area contributed by atoms with Crippen LogP contribution < -0.4 is 10.1 Å². The number of amides is 1. The Morgan fingerprint density at radius 3 is 2.64 bits per heavy atom. The molecule has 1 aromatic heterocycles. The van der Waals surface area contributed by atoms with Gasteiger partial charge in [0.25, 0.3) is 0 Å². The Morgan fingerprint density at radius 2 is 1.88 bits per heavy atom. The van der Waals surface area contributed by atoms with Gasteiger partial charge in [-0.1, -0.05) is 35.9 Å². The van der Waals surface area contributed by atoms with Gasteiger partial charge in [0.1, 0.15) is 17.4 Å². The number of hydrogen-bond donors (Lipinski definition) is 1. The van der Waals surface area contributed by atoms with E-state index in [1.807, 2.05) is 67.8 Å². The number of para-hydroxylation sites is 1. The molecule has 0 aliphatic carbocycles. The minimum atomic E-state index is -0.0643. The van der Waals surface area contributed by atoms with Crippen LogP contribution in [0.2, 0.25) is 0 Å². The summed E-state index contributed by atoms with van der Waals surface area (Å²) in [6.45, 7) is 4.42. The van der Waals surface area contributed by atoms with Crippen LogP contribution in [0.4, 0.5) is 5.69 Å². The van der Waals surface area contributed by atoms with E-state index in [9.17, 15) is 4.79 Å². The van der Waals surface area contributed by atoms with Gasteiger partial charge < -0.3 is 10.1 Å². The number of aryl methyl sites for hydroxylation is 2. The van der Waals surface area contributed by atoms with Gasteiger partial charge in [-0.2, -0.15) is 0 Å². The third-order valence-electron chi connectivity index (χ3n) is 3.74. The van der Waals surface area contributed by atoms with Gasteiger partial charge in [0.05, 0.1) is 12.1 Å². The van der Waals surface area contributed by atoms with Gasteiger partial charge in [0, 0.05) is 11.1 Å². The van der Waals surface area contributed by atoms with Crippen LogP contribution in [0.3, 0.4) is 0 Å². The third kappa shape index (κ3) is 4.90. The summed E-state index contributed by atoms with van der Waals surface area (Å²) in [5.74, 6) is 0.755. The van der Waals surface area contributed by atoms with E-state index in [-0.39, 0.29) is 12.3 Å². The molecular formula is C20H20N2O2S. The first-order chi connectivity index (χ1) is 12.1. The summed E-state index contributed by atoms with van der Waals surface area (Å²) < 4.78 is 5.72. The molecule has 3 aromatic rings. The van der Waals surface area contributed by atoms with Crippen molar-refractivity contribution in [3.05, 3.63) is 75.7 Å². The fourth-order valence-corrected chi connectivity index (χ4v) is 3.05. The Hall–Kier alpha value is -2.66. The summed E-state index contributed by atoms with van der Waals surface area (Å²) in [5.41, 5.74) is 3.84. The number of carbonyl (C=O) groups excluding carboxylic acids is 1. The van der Waals surface area contributed by atoms with Gasteiger partial charge in [0.15, 0.2) is 0 Å². The molecule has 0 saturated carbocycles. The molecule has 0 atom stereocenters. The number of rotatable bonds is 6. The molecule has 0 fully saturated rings. The van der Waals surface area contributed by atoms with E-state index >= 15 is 0 Å². The van der Waals surface area contributed by atoms with E-state index in [1.165, 1.54) is 16.9 Å². The van der Waals surface area contributed by atoms with E-state index in [0.717, 1.165) is 27.7 Å². The largest absolute Gasteiger partial charge is 0.486 e. The monoisotopic (exact) mass is 352 g/mol. The van der Waals surface area contributed by atoms with Gasteiger partial charge in [0.2, 0.25) is 5.91 Å². The first-order valence-electron chi connectivity index (χ1n) is 8.08. The SMILES string of the molecule is Cc1ccc(OCc2nc(CC(=O)Nc3ccccc3C)cs2)cc1. The summed E-state index contributed by atoms with van der Waals surface area (Å²) in [4.78, 5) is 16.7. The predicted molar refractivity (Wildman–Crippen MR) is 101 cm³/mol. The molecule has 0 aliphatic rings. The van der Waals surface area contributed by atoms with Crippen LogP contribution >= 0.6 is 11.3 Å². The molecular weight excluding hydrogens is 332 g/mol. The van der Waals surface area contributed by atoms with Crippen LogP contribution in [0, 0.1) is 13.8 Å². The zero-order valence-corrected chi connectivity index (χ0v) is 15.1. The number of nitrogens with one attached hydrogen (secondary N) is 1. The van der Waals surface area contributed by atoms with Crippen molar-refractivity contribution < 1.29 is 9.53 Å². The van der Waals surface area contributed by atoms with Crippen molar-refractivity contribution in [2.24, 2.45) is 0 Å². The Labute approximate surface area is 151 Å². The standard InChI is InChI=1S/C20H20N2O2S/c1-14-7-9-17(10-8-14)24-12-20-21-16(13-25-20)11-19(23)22-18-6-4-3-5-15(18)2/h3-10,13H,11-12H2,1-2H3,(H,22,23). The molecule has 1 N–H and O–H groups in total. The summed E-state index contributed by atoms with van der Waals surface area (Å²) in [6.07, 6.45) is 0.259. The normalized spacial score (nSPS) is 10.5. The first-order valence-corrected chi connectivity index (χ1v) is 8.96. The lowest BCUT2D eigenvalue weighted by atomic mass is 10.2. The number of nitrogens with zero attached hydrogens (tertiary/aromatic N) is 1. The first kappa shape index (κ1) is 17.2. The van der Waals surface area contributed by atoms with Crippen molar-refractivity contribution in [1.82, 2.24) is 4.98 Å². The topological polar surface area (TPSA) is 51.2 Å². The summed E-state index contributed by atoms with van der Waals surface area (Å²) >= 11 is 1.51. The number of carbonyl (C=O) groups is 1. The second kappa shape index (κ2) is 7.94. The van der Waals surface area contributed by atoms with Crippen LogP contribution in [0.5, 0.6) is 5.75 Å². The summed E-state index contributed by atoms with van der Waals surface area (Å²) in [7, 11) is 0. The number of benzene rings is 2. The number of anilines is 1. The average Bonchev–Trinajstić information content (AvgIpc) is 3.04. The molecule has 0 saturated heterocycles. The number of aromatic nitrogens is 1. The lowest BCUT2D eigenvalue weighted by Crippen LogP contribution is -2.15. The zero-order valence-electron chi connectivity index (χ0n) is 14.3. The quantitative estimate of drug-likeness (QED) is 0.709. The number of thiazole rings is 1. The predicted octanol–water partition coefficient (Wildman–Crippen LogP) is 4.52. The molecule has 4 nitrogen and oxygen atoms in total. The van der Waals surface area contributed by atoms with Gasteiger partial charge in [-0.05, 0) is 37.6 Å². The van der Waals surface area contributed by atoms with Gasteiger partial charge in [-0.25, -0.2) is 4.98 Å². The van der Waals surface area contributed by atoms with E-state index in [2.05, 4.69) is 10.3 Å². The Kier molecular flexibility index (Phi) is 5.46. The molecule has 0 unspecified atom stereocenters. The third-order valence-corrected chi connectivity index (χ3v) is 4.61. The molecule has 25 heavy (non-hydrogen) atoms. The minimum absolute atomic E-state index is 0.0643. The van der Waals surface area contributed by atoms with Gasteiger partial charge in [-0.3, -0.25) is 4.79 Å². The highest BCUT2D eigenvalue weighted by atomic mass is 32.1. The van der Waals surface area contributed by atoms with Crippen molar-refractivity contribution in [3.63, 3.8) is 0 Å². The lowest BCUT2D eigenvalue weighted by Gasteiger charge is -2.07. The minimum Gasteiger partial charge on any atom is -0.486 e. The molecule has 3 rings (SSSR count). The molecule has 0 bridgehead atoms. The molecule has 5 heteroatoms. The van der Waals surface area contributed by atoms with Crippen LogP contribution in [0.1, 0.15) is 21.8 Å². The summed E-state index contributed by atoms with van der Waals surface area (Å²) in [5, 5.41) is 5.69. The Bertz CT molecular complexity index is 856. The van der Waals surface area contributed by atoms with Gasteiger partial charge >= 0.3 is 0 Å². The highest BCUT2D eigenvalue weighted by Gasteiger charge is 2.09. The maximum Gasteiger partial charge on any atom is 0.230 e. The maximum atomic E-state index is 12.2. The van der Waals surface area contributed by atoms with Gasteiger partial charge in [-0.15, -0.1) is 11.3 Å². The van der Waals surface area contributed by atoms with E-state index < -0.39 is 0 Å². The van der Waals surface area contributed by atoms with Crippen molar-refractivity contribution in [2.75, 3.05) is 5.32 Å². The van der Waals surface area contributed by atoms with Crippen LogP contribution in [0.25, 0.3) is 0 Å². The average molecular weight is 352 g/mol. The van der Waals surface area contributed by atoms with Crippen molar-refractivity contribution in [1.29, 1.82) is 0 Å². The fraction of sp³-hybridized carbons (Fsp3) is 0.200. The Balaban J connectivity index is 1.53. The number of ether oxygens (including phenoxy) is 1. The molecule has 1 amide bonds. The Morgan fingerprint density at radius 1 is 1.12 bits per heavy atom. The van der Waals surface area contributed by atoms with E-state index in [4.69, 9.17) is 4.74 Å². The highest BCUT2D eigenvalue weighted by molar-refractivity contribution is 7.09. The van der Waals surface area contributed by atoms with Crippen LogP contribution in [0.15, 0.2) is 53.9 Å². The molecule has 1 heterocycles. The second-order valence-corrected chi connectivity index (χ2v) is 6.82. The fourth-order valence-electron chi connectivity index (χ4n) is 2.35. The van der Waals surface area contributed by atoms with Crippen molar-refractivity contribution >= 4 is 22.9 Å². The summed E-state index contributed by atoms with van der Waals surface area (Å²) in [6, 6.07) is 15.6. The van der Waals surface area contributed by atoms with Crippen molar-refractivity contribution in [3.8, 4) is 5.75 Å².